The topological polar surface area (TPSA) is 49.0 Å². The predicted octanol–water partition coefficient (Wildman–Crippen LogP) is 2.26. The molecule has 1 aliphatic carbocycles. The number of aromatic amines is 1. The van der Waals surface area contributed by atoms with Crippen LogP contribution in [0.25, 0.3) is 10.9 Å². The van der Waals surface area contributed by atoms with Crippen molar-refractivity contribution in [3.63, 3.8) is 0 Å². The van der Waals surface area contributed by atoms with E-state index in [2.05, 4.69) is 21.8 Å². The molecule has 18 heavy (non-hydrogen) atoms. The van der Waals surface area contributed by atoms with E-state index in [4.69, 9.17) is 0 Å². The molecule has 1 saturated carbocycles. The third kappa shape index (κ3) is 1.88. The summed E-state index contributed by atoms with van der Waals surface area (Å²) in [5, 5.41) is 0.678. The third-order valence-corrected chi connectivity index (χ3v) is 3.59. The zero-order chi connectivity index (χ0) is 12.7. The van der Waals surface area contributed by atoms with Gasteiger partial charge in [-0.15, -0.1) is 0 Å². The van der Waals surface area contributed by atoms with Crippen molar-refractivity contribution in [2.24, 2.45) is 0 Å². The summed E-state index contributed by atoms with van der Waals surface area (Å²) in [5.41, 5.74) is 1.83. The zero-order valence-corrected chi connectivity index (χ0v) is 10.7. The standard InChI is InChI=1S/C14H17N3O/c1-3-17(2)10-6-7-12-11(8-10)14(18)16-13(15-12)9-4-5-9/h6-9H,3-5H2,1-2H3,(H,15,16,18). The van der Waals surface area contributed by atoms with E-state index in [-0.39, 0.29) is 5.56 Å². The number of hydrogen-bond acceptors (Lipinski definition) is 3. The summed E-state index contributed by atoms with van der Waals surface area (Å²) < 4.78 is 0. The highest BCUT2D eigenvalue weighted by Crippen LogP contribution is 2.37. The van der Waals surface area contributed by atoms with Gasteiger partial charge in [-0.3, -0.25) is 4.79 Å². The number of H-pyrrole nitrogens is 1. The number of anilines is 1. The predicted molar refractivity (Wildman–Crippen MR) is 73.3 cm³/mol. The lowest BCUT2D eigenvalue weighted by Gasteiger charge is -2.16. The maximum atomic E-state index is 12.1. The molecule has 0 atom stereocenters. The molecule has 0 radical (unpaired) electrons. The van der Waals surface area contributed by atoms with Gasteiger partial charge in [-0.2, -0.15) is 0 Å². The van der Waals surface area contributed by atoms with E-state index in [9.17, 15) is 4.79 Å². The lowest BCUT2D eigenvalue weighted by molar-refractivity contribution is 0.929. The molecule has 1 N–H and O–H groups in total. The summed E-state index contributed by atoms with van der Waals surface area (Å²) in [7, 11) is 2.02. The van der Waals surface area contributed by atoms with Crippen molar-refractivity contribution in [1.29, 1.82) is 0 Å². The Hall–Kier alpha value is -1.84. The fourth-order valence-corrected chi connectivity index (χ4v) is 2.11. The molecule has 94 valence electrons. The molecule has 1 aromatic heterocycles. The van der Waals surface area contributed by atoms with Gasteiger partial charge in [0.05, 0.1) is 10.9 Å². The fourth-order valence-electron chi connectivity index (χ4n) is 2.11. The lowest BCUT2D eigenvalue weighted by atomic mass is 10.2. The molecular weight excluding hydrogens is 226 g/mol. The average Bonchev–Trinajstić information content (AvgIpc) is 3.21. The molecule has 0 amide bonds. The molecule has 3 rings (SSSR count). The molecule has 0 saturated heterocycles. The van der Waals surface area contributed by atoms with E-state index < -0.39 is 0 Å². The van der Waals surface area contributed by atoms with Gasteiger partial charge >= 0.3 is 0 Å². The Bertz CT molecular complexity index is 643. The fraction of sp³-hybridized carbons (Fsp3) is 0.429. The lowest BCUT2D eigenvalue weighted by Crippen LogP contribution is -2.17. The van der Waals surface area contributed by atoms with Gasteiger partial charge in [0.15, 0.2) is 0 Å². The van der Waals surface area contributed by atoms with Crippen molar-refractivity contribution < 1.29 is 0 Å². The smallest absolute Gasteiger partial charge is 0.258 e. The molecule has 0 aliphatic heterocycles. The maximum Gasteiger partial charge on any atom is 0.258 e. The van der Waals surface area contributed by atoms with Crippen LogP contribution in [-0.4, -0.2) is 23.6 Å². The van der Waals surface area contributed by atoms with Gasteiger partial charge in [0, 0.05) is 25.2 Å². The van der Waals surface area contributed by atoms with Gasteiger partial charge in [-0.05, 0) is 38.0 Å². The van der Waals surface area contributed by atoms with E-state index in [1.165, 1.54) is 0 Å². The van der Waals surface area contributed by atoms with Crippen LogP contribution in [-0.2, 0) is 0 Å². The Labute approximate surface area is 106 Å². The van der Waals surface area contributed by atoms with E-state index >= 15 is 0 Å². The first-order chi connectivity index (χ1) is 8.69. The van der Waals surface area contributed by atoms with E-state index in [0.717, 1.165) is 36.4 Å². The van der Waals surface area contributed by atoms with Gasteiger partial charge < -0.3 is 9.88 Å². The minimum Gasteiger partial charge on any atom is -0.375 e. The SMILES string of the molecule is CCN(C)c1ccc2nc(C3CC3)[nH]c(=O)c2c1. The first-order valence-corrected chi connectivity index (χ1v) is 6.44. The number of aromatic nitrogens is 2. The summed E-state index contributed by atoms with van der Waals surface area (Å²) in [4.78, 5) is 21.6. The van der Waals surface area contributed by atoms with Gasteiger partial charge in [0.2, 0.25) is 0 Å². The first-order valence-electron chi connectivity index (χ1n) is 6.44. The molecule has 1 aliphatic rings. The summed E-state index contributed by atoms with van der Waals surface area (Å²) in [6, 6.07) is 5.88. The molecule has 4 nitrogen and oxygen atoms in total. The average molecular weight is 243 g/mol. The highest BCUT2D eigenvalue weighted by Gasteiger charge is 2.26. The number of hydrogen-bond donors (Lipinski definition) is 1. The summed E-state index contributed by atoms with van der Waals surface area (Å²) in [6.07, 6.45) is 2.29. The molecule has 0 bridgehead atoms. The van der Waals surface area contributed by atoms with Gasteiger partial charge in [-0.25, -0.2) is 4.98 Å². The second-order valence-electron chi connectivity index (χ2n) is 4.94. The van der Waals surface area contributed by atoms with Crippen LogP contribution in [0.3, 0.4) is 0 Å². The zero-order valence-electron chi connectivity index (χ0n) is 10.7. The van der Waals surface area contributed by atoms with Crippen molar-refractivity contribution in [2.75, 3.05) is 18.5 Å². The normalized spacial score (nSPS) is 15.0. The minimum absolute atomic E-state index is 0.0201. The summed E-state index contributed by atoms with van der Waals surface area (Å²) in [6.45, 7) is 3.00. The number of benzene rings is 1. The van der Waals surface area contributed by atoms with Gasteiger partial charge in [-0.1, -0.05) is 0 Å². The Morgan fingerprint density at radius 3 is 2.89 bits per heavy atom. The van der Waals surface area contributed by atoms with Crippen molar-refractivity contribution in [3.8, 4) is 0 Å². The van der Waals surface area contributed by atoms with E-state index in [0.29, 0.717) is 11.3 Å². The molecule has 2 aromatic rings. The number of fused-ring (bicyclic) bond motifs is 1. The highest BCUT2D eigenvalue weighted by atomic mass is 16.1. The van der Waals surface area contributed by atoms with Crippen molar-refractivity contribution in [2.45, 2.75) is 25.7 Å². The third-order valence-electron chi connectivity index (χ3n) is 3.59. The van der Waals surface area contributed by atoms with Crippen LogP contribution in [0.15, 0.2) is 23.0 Å². The Morgan fingerprint density at radius 1 is 1.44 bits per heavy atom. The molecule has 1 heterocycles. The summed E-state index contributed by atoms with van der Waals surface area (Å²) in [5.74, 6) is 1.32. The molecule has 1 aromatic carbocycles. The quantitative estimate of drug-likeness (QED) is 0.899. The van der Waals surface area contributed by atoms with Crippen molar-refractivity contribution in [3.05, 3.63) is 34.4 Å². The van der Waals surface area contributed by atoms with Crippen LogP contribution in [0, 0.1) is 0 Å². The second kappa shape index (κ2) is 4.12. The van der Waals surface area contributed by atoms with E-state index in [1.54, 1.807) is 0 Å². The van der Waals surface area contributed by atoms with E-state index in [1.807, 2.05) is 25.2 Å². The Morgan fingerprint density at radius 2 is 2.22 bits per heavy atom. The minimum atomic E-state index is -0.0201. The Balaban J connectivity index is 2.14. The van der Waals surface area contributed by atoms with Crippen LogP contribution >= 0.6 is 0 Å². The molecule has 4 heteroatoms. The monoisotopic (exact) mass is 243 g/mol. The molecule has 0 unspecified atom stereocenters. The van der Waals surface area contributed by atoms with Crippen LogP contribution < -0.4 is 10.5 Å². The number of rotatable bonds is 3. The van der Waals surface area contributed by atoms with Gasteiger partial charge in [0.25, 0.3) is 5.56 Å². The van der Waals surface area contributed by atoms with Crippen LogP contribution in [0.2, 0.25) is 0 Å². The largest absolute Gasteiger partial charge is 0.375 e. The van der Waals surface area contributed by atoms with Crippen molar-refractivity contribution >= 4 is 16.6 Å². The Kier molecular flexibility index (Phi) is 2.58. The first kappa shape index (κ1) is 11.3. The maximum absolute atomic E-state index is 12.1. The second-order valence-corrected chi connectivity index (χ2v) is 4.94. The van der Waals surface area contributed by atoms with Crippen molar-refractivity contribution in [1.82, 2.24) is 9.97 Å². The molecular formula is C14H17N3O. The highest BCUT2D eigenvalue weighted by molar-refractivity contribution is 5.81. The van der Waals surface area contributed by atoms with Crippen LogP contribution in [0.4, 0.5) is 5.69 Å². The van der Waals surface area contributed by atoms with Crippen LogP contribution in [0.5, 0.6) is 0 Å². The number of nitrogens with zero attached hydrogens (tertiary/aromatic N) is 2. The summed E-state index contributed by atoms with van der Waals surface area (Å²) >= 11 is 0. The van der Waals surface area contributed by atoms with Gasteiger partial charge in [0.1, 0.15) is 5.82 Å². The van der Waals surface area contributed by atoms with Crippen LogP contribution in [0.1, 0.15) is 31.5 Å². The number of nitrogens with one attached hydrogen (secondary N) is 1. The molecule has 0 spiro atoms. The molecule has 1 fully saturated rings.